The zero-order valence-corrected chi connectivity index (χ0v) is 12.2. The second-order valence-electron chi connectivity index (χ2n) is 4.04. The zero-order chi connectivity index (χ0) is 12.8. The van der Waals surface area contributed by atoms with Crippen LogP contribution in [0.2, 0.25) is 0 Å². The van der Waals surface area contributed by atoms with Crippen LogP contribution in [0.25, 0.3) is 0 Å². The van der Waals surface area contributed by atoms with E-state index in [4.69, 9.17) is 0 Å². The molecule has 0 spiro atoms. The predicted octanol–water partition coefficient (Wildman–Crippen LogP) is 3.29. The molecule has 0 aliphatic carbocycles. The van der Waals surface area contributed by atoms with Crippen LogP contribution in [0.3, 0.4) is 0 Å². The fraction of sp³-hybridized carbons (Fsp3) is 0.385. The van der Waals surface area contributed by atoms with Gasteiger partial charge in [0.2, 0.25) is 0 Å². The first kappa shape index (κ1) is 13.5. The van der Waals surface area contributed by atoms with Gasteiger partial charge in [-0.15, -0.1) is 0 Å². The van der Waals surface area contributed by atoms with Crippen molar-refractivity contribution in [1.29, 1.82) is 0 Å². The van der Waals surface area contributed by atoms with Gasteiger partial charge in [0, 0.05) is 11.8 Å². The number of rotatable bonds is 6. The van der Waals surface area contributed by atoms with E-state index >= 15 is 0 Å². The van der Waals surface area contributed by atoms with Gasteiger partial charge in [0.1, 0.15) is 6.33 Å². The molecular formula is C13H17N3S2. The maximum absolute atomic E-state index is 4.20. The van der Waals surface area contributed by atoms with Crippen molar-refractivity contribution in [2.24, 2.45) is 0 Å². The van der Waals surface area contributed by atoms with Crippen LogP contribution in [0.15, 0.2) is 34.9 Å². The van der Waals surface area contributed by atoms with E-state index in [0.29, 0.717) is 6.04 Å². The molecule has 96 valence electrons. The summed E-state index contributed by atoms with van der Waals surface area (Å²) in [6.07, 6.45) is 1.61. The predicted molar refractivity (Wildman–Crippen MR) is 78.2 cm³/mol. The molecule has 3 nitrogen and oxygen atoms in total. The van der Waals surface area contributed by atoms with Gasteiger partial charge in [-0.25, -0.2) is 4.98 Å². The standard InChI is InChI=1S/C13H17N3S2/c1-3-14-12(8-17-13-15-9-16-18-13)11-6-4-5-10(2)7-11/h4-7,9,12,14H,3,8H2,1-2H3. The van der Waals surface area contributed by atoms with Crippen LogP contribution < -0.4 is 5.32 Å². The van der Waals surface area contributed by atoms with E-state index in [1.165, 1.54) is 22.7 Å². The molecule has 0 saturated heterocycles. The summed E-state index contributed by atoms with van der Waals surface area (Å²) in [5.41, 5.74) is 2.64. The van der Waals surface area contributed by atoms with Crippen LogP contribution in [0, 0.1) is 6.92 Å². The van der Waals surface area contributed by atoms with Crippen molar-refractivity contribution in [3.05, 3.63) is 41.7 Å². The van der Waals surface area contributed by atoms with Crippen molar-refractivity contribution >= 4 is 23.3 Å². The lowest BCUT2D eigenvalue weighted by molar-refractivity contribution is 0.605. The van der Waals surface area contributed by atoms with E-state index in [2.05, 4.69) is 52.8 Å². The molecule has 0 aliphatic heterocycles. The second kappa shape index (κ2) is 6.87. The van der Waals surface area contributed by atoms with Crippen LogP contribution in [-0.4, -0.2) is 21.7 Å². The summed E-state index contributed by atoms with van der Waals surface area (Å²) in [4.78, 5) is 4.20. The van der Waals surface area contributed by atoms with Crippen LogP contribution >= 0.6 is 23.3 Å². The summed E-state index contributed by atoms with van der Waals surface area (Å²) in [6.45, 7) is 5.23. The van der Waals surface area contributed by atoms with Crippen molar-refractivity contribution in [3.63, 3.8) is 0 Å². The molecule has 2 rings (SSSR count). The normalized spacial score (nSPS) is 12.6. The first-order chi connectivity index (χ1) is 8.79. The van der Waals surface area contributed by atoms with Gasteiger partial charge in [0.05, 0.1) is 0 Å². The molecule has 0 fully saturated rings. The first-order valence-electron chi connectivity index (χ1n) is 5.99. The number of nitrogens with one attached hydrogen (secondary N) is 1. The Kier molecular flexibility index (Phi) is 5.16. The molecule has 0 bridgehead atoms. The van der Waals surface area contributed by atoms with Crippen molar-refractivity contribution in [2.45, 2.75) is 24.2 Å². The van der Waals surface area contributed by atoms with Gasteiger partial charge in [0.15, 0.2) is 4.34 Å². The maximum Gasteiger partial charge on any atom is 0.169 e. The van der Waals surface area contributed by atoms with Crippen LogP contribution in [0.5, 0.6) is 0 Å². The number of aromatic nitrogens is 2. The second-order valence-corrected chi connectivity index (χ2v) is 6.09. The van der Waals surface area contributed by atoms with Crippen LogP contribution in [-0.2, 0) is 0 Å². The molecule has 5 heteroatoms. The Bertz CT molecular complexity index is 471. The molecule has 1 atom stereocenters. The Morgan fingerprint density at radius 1 is 1.44 bits per heavy atom. The quantitative estimate of drug-likeness (QED) is 0.823. The highest BCUT2D eigenvalue weighted by atomic mass is 32.2. The van der Waals surface area contributed by atoms with Gasteiger partial charge in [-0.2, -0.15) is 4.37 Å². The minimum atomic E-state index is 0.365. The van der Waals surface area contributed by atoms with Gasteiger partial charge in [-0.3, -0.25) is 0 Å². The third kappa shape index (κ3) is 3.80. The van der Waals surface area contributed by atoms with Gasteiger partial charge >= 0.3 is 0 Å². The SMILES string of the molecule is CCNC(CSc1ncns1)c1cccc(C)c1. The maximum atomic E-state index is 4.20. The Morgan fingerprint density at radius 2 is 2.33 bits per heavy atom. The number of benzene rings is 1. The average molecular weight is 279 g/mol. The summed E-state index contributed by atoms with van der Waals surface area (Å²) in [5, 5.41) is 3.52. The lowest BCUT2D eigenvalue weighted by atomic mass is 10.1. The summed E-state index contributed by atoms with van der Waals surface area (Å²) < 4.78 is 5.06. The van der Waals surface area contributed by atoms with Crippen LogP contribution in [0.1, 0.15) is 24.1 Å². The molecule has 18 heavy (non-hydrogen) atoms. The summed E-state index contributed by atoms with van der Waals surface area (Å²) >= 11 is 3.21. The average Bonchev–Trinajstić information content (AvgIpc) is 2.87. The Balaban J connectivity index is 2.03. The molecule has 1 aromatic heterocycles. The minimum Gasteiger partial charge on any atom is -0.309 e. The number of aryl methyl sites for hydroxylation is 1. The van der Waals surface area contributed by atoms with Crippen LogP contribution in [0.4, 0.5) is 0 Å². The molecular weight excluding hydrogens is 262 g/mol. The third-order valence-electron chi connectivity index (χ3n) is 2.61. The Labute approximate surface area is 116 Å². The molecule has 0 saturated carbocycles. The molecule has 0 radical (unpaired) electrons. The lowest BCUT2D eigenvalue weighted by Crippen LogP contribution is -2.22. The minimum absolute atomic E-state index is 0.365. The Hall–Kier alpha value is -0.910. The summed E-state index contributed by atoms with van der Waals surface area (Å²) in [5.74, 6) is 0.979. The summed E-state index contributed by atoms with van der Waals surface area (Å²) in [6, 6.07) is 9.04. The largest absolute Gasteiger partial charge is 0.309 e. The fourth-order valence-corrected chi connectivity index (χ4v) is 3.35. The molecule has 1 heterocycles. The summed E-state index contributed by atoms with van der Waals surface area (Å²) in [7, 11) is 0. The number of hydrogen-bond donors (Lipinski definition) is 1. The Morgan fingerprint density at radius 3 is 3.00 bits per heavy atom. The van der Waals surface area contributed by atoms with Gasteiger partial charge < -0.3 is 5.32 Å². The topological polar surface area (TPSA) is 37.8 Å². The van der Waals surface area contributed by atoms with Gasteiger partial charge in [-0.1, -0.05) is 48.5 Å². The molecule has 0 amide bonds. The van der Waals surface area contributed by atoms with Gasteiger partial charge in [0.25, 0.3) is 0 Å². The van der Waals surface area contributed by atoms with E-state index < -0.39 is 0 Å². The van der Waals surface area contributed by atoms with E-state index in [1.807, 2.05) is 0 Å². The van der Waals surface area contributed by atoms with E-state index in [9.17, 15) is 0 Å². The zero-order valence-electron chi connectivity index (χ0n) is 10.6. The third-order valence-corrected chi connectivity index (χ3v) is 4.50. The number of nitrogens with zero attached hydrogens (tertiary/aromatic N) is 2. The molecule has 2 aromatic rings. The lowest BCUT2D eigenvalue weighted by Gasteiger charge is -2.17. The number of thioether (sulfide) groups is 1. The van der Waals surface area contributed by atoms with Crippen molar-refractivity contribution in [3.8, 4) is 0 Å². The molecule has 1 N–H and O–H groups in total. The highest BCUT2D eigenvalue weighted by Crippen LogP contribution is 2.25. The van der Waals surface area contributed by atoms with E-state index in [1.54, 1.807) is 18.1 Å². The highest BCUT2D eigenvalue weighted by Gasteiger charge is 2.11. The van der Waals surface area contributed by atoms with Crippen molar-refractivity contribution < 1.29 is 0 Å². The first-order valence-corrected chi connectivity index (χ1v) is 7.75. The molecule has 0 aliphatic rings. The van der Waals surface area contributed by atoms with Crippen molar-refractivity contribution in [2.75, 3.05) is 12.3 Å². The van der Waals surface area contributed by atoms with E-state index in [0.717, 1.165) is 16.6 Å². The van der Waals surface area contributed by atoms with E-state index in [-0.39, 0.29) is 0 Å². The van der Waals surface area contributed by atoms with Gasteiger partial charge in [-0.05, 0) is 30.6 Å². The smallest absolute Gasteiger partial charge is 0.169 e. The molecule has 1 unspecified atom stereocenters. The fourth-order valence-electron chi connectivity index (χ4n) is 1.79. The number of hydrogen-bond acceptors (Lipinski definition) is 5. The molecule has 1 aromatic carbocycles. The highest BCUT2D eigenvalue weighted by molar-refractivity contribution is 8.00. The monoisotopic (exact) mass is 279 g/mol. The van der Waals surface area contributed by atoms with Crippen molar-refractivity contribution in [1.82, 2.24) is 14.7 Å².